The molecule has 2 heterocycles. The SMILES string of the molecule is OC1(C2Cc3ccccc3N2)CSC1. The molecule has 0 amide bonds. The van der Waals surface area contributed by atoms with Crippen LogP contribution in [-0.4, -0.2) is 28.3 Å². The Hall–Kier alpha value is -0.670. The van der Waals surface area contributed by atoms with Crippen LogP contribution in [0.25, 0.3) is 0 Å². The molecule has 0 spiro atoms. The average molecular weight is 207 g/mol. The third kappa shape index (κ3) is 1.16. The van der Waals surface area contributed by atoms with E-state index in [9.17, 15) is 5.11 Å². The molecule has 0 aromatic heterocycles. The lowest BCUT2D eigenvalue weighted by Crippen LogP contribution is -2.56. The van der Waals surface area contributed by atoms with Crippen molar-refractivity contribution in [3.63, 3.8) is 0 Å². The molecule has 1 unspecified atom stereocenters. The van der Waals surface area contributed by atoms with Crippen LogP contribution in [0.4, 0.5) is 5.69 Å². The van der Waals surface area contributed by atoms with Crippen molar-refractivity contribution in [1.29, 1.82) is 0 Å². The van der Waals surface area contributed by atoms with E-state index in [1.54, 1.807) is 0 Å². The summed E-state index contributed by atoms with van der Waals surface area (Å²) in [4.78, 5) is 0. The Labute approximate surface area is 87.7 Å². The predicted octanol–water partition coefficient (Wildman–Crippen LogP) is 1.50. The van der Waals surface area contributed by atoms with Gasteiger partial charge in [0.2, 0.25) is 0 Å². The lowest BCUT2D eigenvalue weighted by molar-refractivity contribution is 0.0599. The number of hydrogen-bond donors (Lipinski definition) is 2. The van der Waals surface area contributed by atoms with Crippen LogP contribution < -0.4 is 5.32 Å². The minimum Gasteiger partial charge on any atom is -0.386 e. The first-order valence-electron chi connectivity index (χ1n) is 4.92. The third-order valence-electron chi connectivity index (χ3n) is 3.12. The van der Waals surface area contributed by atoms with Crippen molar-refractivity contribution in [2.24, 2.45) is 0 Å². The van der Waals surface area contributed by atoms with Crippen LogP contribution >= 0.6 is 11.8 Å². The number of hydrogen-bond acceptors (Lipinski definition) is 3. The Morgan fingerprint density at radius 3 is 2.79 bits per heavy atom. The maximum absolute atomic E-state index is 10.2. The maximum atomic E-state index is 10.2. The van der Waals surface area contributed by atoms with Crippen molar-refractivity contribution in [2.45, 2.75) is 18.1 Å². The number of para-hydroxylation sites is 1. The van der Waals surface area contributed by atoms with Crippen molar-refractivity contribution < 1.29 is 5.11 Å². The van der Waals surface area contributed by atoms with Gasteiger partial charge in [0.25, 0.3) is 0 Å². The van der Waals surface area contributed by atoms with Gasteiger partial charge in [0.15, 0.2) is 0 Å². The van der Waals surface area contributed by atoms with E-state index in [0.717, 1.165) is 17.9 Å². The second-order valence-electron chi connectivity index (χ2n) is 4.15. The molecule has 3 heteroatoms. The van der Waals surface area contributed by atoms with E-state index in [-0.39, 0.29) is 6.04 Å². The van der Waals surface area contributed by atoms with E-state index in [2.05, 4.69) is 23.5 Å². The predicted molar refractivity (Wildman–Crippen MR) is 59.8 cm³/mol. The molecule has 0 aliphatic carbocycles. The fraction of sp³-hybridized carbons (Fsp3) is 0.455. The molecule has 3 rings (SSSR count). The zero-order chi connectivity index (χ0) is 9.60. The summed E-state index contributed by atoms with van der Waals surface area (Å²) in [7, 11) is 0. The van der Waals surface area contributed by atoms with Gasteiger partial charge >= 0.3 is 0 Å². The van der Waals surface area contributed by atoms with Crippen LogP contribution in [0.5, 0.6) is 0 Å². The van der Waals surface area contributed by atoms with Gasteiger partial charge in [-0.2, -0.15) is 11.8 Å². The van der Waals surface area contributed by atoms with Gasteiger partial charge in [0.1, 0.15) is 5.60 Å². The highest BCUT2D eigenvalue weighted by molar-refractivity contribution is 8.00. The van der Waals surface area contributed by atoms with E-state index in [0.29, 0.717) is 0 Å². The smallest absolute Gasteiger partial charge is 0.103 e. The molecule has 74 valence electrons. The van der Waals surface area contributed by atoms with Crippen molar-refractivity contribution >= 4 is 17.4 Å². The quantitative estimate of drug-likeness (QED) is 0.732. The summed E-state index contributed by atoms with van der Waals surface area (Å²) in [6.07, 6.45) is 0.966. The number of aliphatic hydroxyl groups is 1. The number of fused-ring (bicyclic) bond motifs is 1. The fourth-order valence-electron chi connectivity index (χ4n) is 2.13. The second-order valence-corrected chi connectivity index (χ2v) is 5.14. The van der Waals surface area contributed by atoms with Gasteiger partial charge in [-0.15, -0.1) is 0 Å². The lowest BCUT2D eigenvalue weighted by atomic mass is 9.95. The molecule has 0 saturated carbocycles. The monoisotopic (exact) mass is 207 g/mol. The first kappa shape index (κ1) is 8.62. The highest BCUT2D eigenvalue weighted by Crippen LogP contribution is 2.38. The van der Waals surface area contributed by atoms with Crippen molar-refractivity contribution in [2.75, 3.05) is 16.8 Å². The molecule has 2 N–H and O–H groups in total. The fourth-order valence-corrected chi connectivity index (χ4v) is 3.16. The van der Waals surface area contributed by atoms with Crippen molar-refractivity contribution in [3.05, 3.63) is 29.8 Å². The van der Waals surface area contributed by atoms with Crippen LogP contribution in [0.1, 0.15) is 5.56 Å². The topological polar surface area (TPSA) is 32.3 Å². The molecular formula is C11H13NOS. The van der Waals surface area contributed by atoms with Crippen LogP contribution in [-0.2, 0) is 6.42 Å². The molecule has 0 radical (unpaired) electrons. The van der Waals surface area contributed by atoms with Gasteiger partial charge in [-0.1, -0.05) is 18.2 Å². The minimum atomic E-state index is -0.469. The Bertz CT molecular complexity index is 337. The molecule has 1 aromatic rings. The number of anilines is 1. The number of nitrogens with one attached hydrogen (secondary N) is 1. The van der Waals surface area contributed by atoms with E-state index >= 15 is 0 Å². The summed E-state index contributed by atoms with van der Waals surface area (Å²) >= 11 is 1.82. The first-order valence-corrected chi connectivity index (χ1v) is 6.08. The molecule has 14 heavy (non-hydrogen) atoms. The van der Waals surface area contributed by atoms with Gasteiger partial charge in [0, 0.05) is 17.2 Å². The Morgan fingerprint density at radius 2 is 2.14 bits per heavy atom. The van der Waals surface area contributed by atoms with Gasteiger partial charge in [-0.05, 0) is 18.1 Å². The summed E-state index contributed by atoms with van der Waals surface area (Å²) in [5.74, 6) is 1.75. The Balaban J connectivity index is 1.84. The Kier molecular flexibility index (Phi) is 1.79. The highest BCUT2D eigenvalue weighted by atomic mass is 32.2. The summed E-state index contributed by atoms with van der Waals surface area (Å²) in [6.45, 7) is 0. The van der Waals surface area contributed by atoms with Crippen molar-refractivity contribution in [1.82, 2.24) is 0 Å². The molecule has 1 atom stereocenters. The van der Waals surface area contributed by atoms with Crippen LogP contribution in [0.3, 0.4) is 0 Å². The highest BCUT2D eigenvalue weighted by Gasteiger charge is 2.45. The Morgan fingerprint density at radius 1 is 1.36 bits per heavy atom. The van der Waals surface area contributed by atoms with Gasteiger partial charge in [-0.3, -0.25) is 0 Å². The van der Waals surface area contributed by atoms with Gasteiger partial charge < -0.3 is 10.4 Å². The number of thioether (sulfide) groups is 1. The van der Waals surface area contributed by atoms with E-state index < -0.39 is 5.60 Å². The maximum Gasteiger partial charge on any atom is 0.103 e. The number of benzene rings is 1. The standard InChI is InChI=1S/C11H13NOS/c13-11(6-14-7-11)10-5-8-3-1-2-4-9(8)12-10/h1-4,10,12-13H,5-7H2. The van der Waals surface area contributed by atoms with E-state index in [1.165, 1.54) is 11.3 Å². The van der Waals surface area contributed by atoms with Crippen LogP contribution in [0.15, 0.2) is 24.3 Å². The lowest BCUT2D eigenvalue weighted by Gasteiger charge is -2.41. The molecule has 2 nitrogen and oxygen atoms in total. The minimum absolute atomic E-state index is 0.223. The average Bonchev–Trinajstić information content (AvgIpc) is 2.57. The largest absolute Gasteiger partial charge is 0.386 e. The molecule has 1 fully saturated rings. The number of rotatable bonds is 1. The molecule has 2 aliphatic heterocycles. The van der Waals surface area contributed by atoms with Crippen LogP contribution in [0.2, 0.25) is 0 Å². The van der Waals surface area contributed by atoms with Crippen molar-refractivity contribution in [3.8, 4) is 0 Å². The summed E-state index contributed by atoms with van der Waals surface area (Å²) in [5, 5.41) is 13.6. The second kappa shape index (κ2) is 2.91. The van der Waals surface area contributed by atoms with E-state index in [4.69, 9.17) is 0 Å². The van der Waals surface area contributed by atoms with E-state index in [1.807, 2.05) is 17.8 Å². The molecular weight excluding hydrogens is 194 g/mol. The van der Waals surface area contributed by atoms with Gasteiger partial charge in [-0.25, -0.2) is 0 Å². The first-order chi connectivity index (χ1) is 6.78. The summed E-state index contributed by atoms with van der Waals surface area (Å²) in [5.41, 5.74) is 2.06. The zero-order valence-corrected chi connectivity index (χ0v) is 8.68. The molecule has 1 aromatic carbocycles. The summed E-state index contributed by atoms with van der Waals surface area (Å²) < 4.78 is 0. The zero-order valence-electron chi connectivity index (χ0n) is 7.86. The van der Waals surface area contributed by atoms with Gasteiger partial charge in [0.05, 0.1) is 6.04 Å². The third-order valence-corrected chi connectivity index (χ3v) is 4.53. The molecule has 0 bridgehead atoms. The normalized spacial score (nSPS) is 27.6. The molecule has 2 aliphatic rings. The molecule has 1 saturated heterocycles. The summed E-state index contributed by atoms with van der Waals surface area (Å²) in [6, 6.07) is 8.54. The van der Waals surface area contributed by atoms with Crippen LogP contribution in [0, 0.1) is 0 Å².